The zero-order valence-corrected chi connectivity index (χ0v) is 13.2. The summed E-state index contributed by atoms with van der Waals surface area (Å²) in [5, 5.41) is 13.0. The molecule has 116 valence electrons. The Hall–Kier alpha value is -1.42. The molecule has 1 heterocycles. The summed E-state index contributed by atoms with van der Waals surface area (Å²) in [7, 11) is 0. The van der Waals surface area contributed by atoms with Crippen LogP contribution >= 0.6 is 0 Å². The maximum Gasteiger partial charge on any atom is 0.307 e. The molecule has 4 heteroatoms. The Balaban J connectivity index is 1.89. The average molecular weight is 290 g/mol. The van der Waals surface area contributed by atoms with E-state index in [-0.39, 0.29) is 11.3 Å². The third-order valence-corrected chi connectivity index (χ3v) is 5.31. The molecule has 1 aromatic heterocycles. The molecule has 0 aliphatic heterocycles. The lowest BCUT2D eigenvalue weighted by atomic mass is 9.61. The molecule has 1 aliphatic carbocycles. The van der Waals surface area contributed by atoms with Gasteiger partial charge in [-0.1, -0.05) is 20.8 Å². The van der Waals surface area contributed by atoms with Crippen LogP contribution in [0.2, 0.25) is 0 Å². The number of hydrogen-bond acceptors (Lipinski definition) is 3. The van der Waals surface area contributed by atoms with Crippen molar-refractivity contribution in [2.45, 2.75) is 46.1 Å². The normalized spacial score (nSPS) is 28.2. The van der Waals surface area contributed by atoms with E-state index < -0.39 is 5.97 Å². The smallest absolute Gasteiger partial charge is 0.307 e. The summed E-state index contributed by atoms with van der Waals surface area (Å²) in [6, 6.07) is 4.48. The van der Waals surface area contributed by atoms with Gasteiger partial charge in [0.1, 0.15) is 0 Å². The van der Waals surface area contributed by atoms with Crippen LogP contribution in [0.15, 0.2) is 24.5 Å². The molecule has 0 amide bonds. The van der Waals surface area contributed by atoms with Gasteiger partial charge < -0.3 is 10.4 Å². The summed E-state index contributed by atoms with van der Waals surface area (Å²) >= 11 is 0. The van der Waals surface area contributed by atoms with E-state index in [0.29, 0.717) is 12.0 Å². The van der Waals surface area contributed by atoms with Crippen molar-refractivity contribution in [1.29, 1.82) is 0 Å². The Labute approximate surface area is 127 Å². The maximum absolute atomic E-state index is 11.4. The van der Waals surface area contributed by atoms with Crippen molar-refractivity contribution in [1.82, 2.24) is 10.3 Å². The van der Waals surface area contributed by atoms with Gasteiger partial charge in [0.25, 0.3) is 0 Å². The van der Waals surface area contributed by atoms with Crippen LogP contribution in [0.3, 0.4) is 0 Å². The molecule has 21 heavy (non-hydrogen) atoms. The van der Waals surface area contributed by atoms with Gasteiger partial charge in [0.2, 0.25) is 0 Å². The Bertz CT molecular complexity index is 473. The van der Waals surface area contributed by atoms with Gasteiger partial charge in [0.15, 0.2) is 0 Å². The number of rotatable bonds is 5. The largest absolute Gasteiger partial charge is 0.481 e. The number of hydrogen-bond donors (Lipinski definition) is 2. The zero-order chi connectivity index (χ0) is 15.5. The highest BCUT2D eigenvalue weighted by Crippen LogP contribution is 2.45. The van der Waals surface area contributed by atoms with Gasteiger partial charge in [-0.05, 0) is 54.8 Å². The second-order valence-corrected chi connectivity index (χ2v) is 6.74. The second kappa shape index (κ2) is 6.56. The van der Waals surface area contributed by atoms with Crippen molar-refractivity contribution in [3.05, 3.63) is 30.1 Å². The summed E-state index contributed by atoms with van der Waals surface area (Å²) in [5.74, 6) is -0.530. The number of nitrogens with one attached hydrogen (secondary N) is 1. The molecule has 2 rings (SSSR count). The van der Waals surface area contributed by atoms with Crippen LogP contribution in [0.5, 0.6) is 0 Å². The van der Waals surface area contributed by atoms with Gasteiger partial charge in [0.05, 0.1) is 5.92 Å². The van der Waals surface area contributed by atoms with Crippen molar-refractivity contribution in [2.75, 3.05) is 6.54 Å². The summed E-state index contributed by atoms with van der Waals surface area (Å²) in [6.07, 6.45) is 6.32. The molecule has 1 aromatic rings. The van der Waals surface area contributed by atoms with E-state index in [0.717, 1.165) is 25.8 Å². The maximum atomic E-state index is 11.4. The Morgan fingerprint density at radius 2 is 2.05 bits per heavy atom. The zero-order valence-electron chi connectivity index (χ0n) is 13.2. The van der Waals surface area contributed by atoms with Gasteiger partial charge >= 0.3 is 5.97 Å². The van der Waals surface area contributed by atoms with Crippen molar-refractivity contribution < 1.29 is 9.90 Å². The molecule has 2 N–H and O–H groups in total. The fraction of sp³-hybridized carbons (Fsp3) is 0.647. The van der Waals surface area contributed by atoms with Crippen LogP contribution in [0, 0.1) is 17.3 Å². The lowest BCUT2D eigenvalue weighted by Gasteiger charge is -2.46. The van der Waals surface area contributed by atoms with E-state index in [4.69, 9.17) is 0 Å². The minimum atomic E-state index is -0.651. The molecule has 1 saturated carbocycles. The topological polar surface area (TPSA) is 62.2 Å². The molecular formula is C17H26N2O2. The first-order valence-electron chi connectivity index (χ1n) is 7.78. The van der Waals surface area contributed by atoms with E-state index in [1.54, 1.807) is 0 Å². The Kier molecular flexibility index (Phi) is 4.99. The second-order valence-electron chi connectivity index (χ2n) is 6.74. The van der Waals surface area contributed by atoms with E-state index >= 15 is 0 Å². The van der Waals surface area contributed by atoms with Crippen LogP contribution in [-0.4, -0.2) is 28.6 Å². The molecule has 3 unspecified atom stereocenters. The van der Waals surface area contributed by atoms with Crippen LogP contribution in [0.4, 0.5) is 0 Å². The number of nitrogens with zero attached hydrogens (tertiary/aromatic N) is 1. The number of pyridine rings is 1. The van der Waals surface area contributed by atoms with E-state index in [1.165, 1.54) is 5.56 Å². The Morgan fingerprint density at radius 3 is 2.67 bits per heavy atom. The highest BCUT2D eigenvalue weighted by Gasteiger charge is 2.45. The SMILES string of the molecule is CC1C(NCCc2ccncc2)CCC(C(=O)O)C1(C)C. The third kappa shape index (κ3) is 3.62. The van der Waals surface area contributed by atoms with Crippen LogP contribution in [0.25, 0.3) is 0 Å². The molecule has 3 atom stereocenters. The standard InChI is InChI=1S/C17H26N2O2/c1-12-15(5-4-14(16(20)21)17(12,2)3)19-11-8-13-6-9-18-10-7-13/h6-7,9-10,12,14-15,19H,4-5,8,11H2,1-3H3,(H,20,21). The molecule has 4 nitrogen and oxygen atoms in total. The minimum absolute atomic E-state index is 0.168. The number of carboxylic acids is 1. The summed E-state index contributed by atoms with van der Waals surface area (Å²) in [5.41, 5.74) is 1.11. The van der Waals surface area contributed by atoms with Crippen LogP contribution in [0.1, 0.15) is 39.2 Å². The number of carboxylic acid groups (broad SMARTS) is 1. The number of carbonyl (C=O) groups is 1. The molecule has 0 spiro atoms. The fourth-order valence-corrected chi connectivity index (χ4v) is 3.48. The van der Waals surface area contributed by atoms with Gasteiger partial charge in [0, 0.05) is 18.4 Å². The average Bonchev–Trinajstić information content (AvgIpc) is 2.44. The minimum Gasteiger partial charge on any atom is -0.481 e. The van der Waals surface area contributed by atoms with Gasteiger partial charge in [-0.2, -0.15) is 0 Å². The first kappa shape index (κ1) is 16.0. The number of aliphatic carboxylic acids is 1. The third-order valence-electron chi connectivity index (χ3n) is 5.31. The highest BCUT2D eigenvalue weighted by molar-refractivity contribution is 5.71. The fourth-order valence-electron chi connectivity index (χ4n) is 3.48. The van der Waals surface area contributed by atoms with Crippen molar-refractivity contribution in [3.8, 4) is 0 Å². The molecule has 0 saturated heterocycles. The predicted molar refractivity (Wildman–Crippen MR) is 83.0 cm³/mol. The lowest BCUT2D eigenvalue weighted by molar-refractivity contribution is -0.150. The summed E-state index contributed by atoms with van der Waals surface area (Å²) < 4.78 is 0. The first-order chi connectivity index (χ1) is 9.93. The van der Waals surface area contributed by atoms with Gasteiger partial charge in [-0.3, -0.25) is 9.78 Å². The predicted octanol–water partition coefficient (Wildman–Crippen LogP) is 2.74. The van der Waals surface area contributed by atoms with Gasteiger partial charge in [-0.25, -0.2) is 0 Å². The van der Waals surface area contributed by atoms with Gasteiger partial charge in [-0.15, -0.1) is 0 Å². The number of aromatic nitrogens is 1. The highest BCUT2D eigenvalue weighted by atomic mass is 16.4. The van der Waals surface area contributed by atoms with Crippen molar-refractivity contribution >= 4 is 5.97 Å². The van der Waals surface area contributed by atoms with Crippen molar-refractivity contribution in [2.24, 2.45) is 17.3 Å². The molecular weight excluding hydrogens is 264 g/mol. The summed E-state index contributed by atoms with van der Waals surface area (Å²) in [6.45, 7) is 7.28. The Morgan fingerprint density at radius 1 is 1.38 bits per heavy atom. The van der Waals surface area contributed by atoms with E-state index in [2.05, 4.69) is 31.1 Å². The lowest BCUT2D eigenvalue weighted by Crippen LogP contribution is -2.51. The first-order valence-corrected chi connectivity index (χ1v) is 7.78. The molecule has 0 radical (unpaired) electrons. The molecule has 1 fully saturated rings. The molecule has 1 aliphatic rings. The van der Waals surface area contributed by atoms with Crippen LogP contribution in [-0.2, 0) is 11.2 Å². The van der Waals surface area contributed by atoms with Crippen LogP contribution < -0.4 is 5.32 Å². The van der Waals surface area contributed by atoms with E-state index in [1.807, 2.05) is 24.5 Å². The van der Waals surface area contributed by atoms with Crippen molar-refractivity contribution in [3.63, 3.8) is 0 Å². The van der Waals surface area contributed by atoms with E-state index in [9.17, 15) is 9.90 Å². The molecule has 0 aromatic carbocycles. The molecule has 0 bridgehead atoms. The quantitative estimate of drug-likeness (QED) is 0.875. The monoisotopic (exact) mass is 290 g/mol. The summed E-state index contributed by atoms with van der Waals surface area (Å²) in [4.78, 5) is 15.4.